The maximum Gasteiger partial charge on any atom is 0.173 e. The van der Waals surface area contributed by atoms with Crippen LogP contribution in [-0.2, 0) is 0 Å². The van der Waals surface area contributed by atoms with Gasteiger partial charge in [0.05, 0.1) is 18.1 Å². The average Bonchev–Trinajstić information content (AvgIpc) is 2.52. The first kappa shape index (κ1) is 7.72. The van der Waals surface area contributed by atoms with Crippen LogP contribution in [0.5, 0.6) is 0 Å². The molecule has 0 radical (unpaired) electrons. The smallest absolute Gasteiger partial charge is 0.173 e. The molecule has 2 N–H and O–H groups in total. The van der Waals surface area contributed by atoms with Crippen LogP contribution in [0.15, 0.2) is 24.7 Å². The second-order valence-electron chi connectivity index (χ2n) is 2.70. The monoisotopic (exact) mass is 175 g/mol. The van der Waals surface area contributed by atoms with Gasteiger partial charge in [-0.1, -0.05) is 0 Å². The first-order chi connectivity index (χ1) is 6.25. The minimum Gasteiger partial charge on any atom is -0.382 e. The van der Waals surface area contributed by atoms with Crippen molar-refractivity contribution in [2.24, 2.45) is 0 Å². The van der Waals surface area contributed by atoms with Gasteiger partial charge in [-0.05, 0) is 13.0 Å². The van der Waals surface area contributed by atoms with Gasteiger partial charge < -0.3 is 5.73 Å². The molecule has 0 fully saturated rings. The molecule has 0 aliphatic heterocycles. The van der Waals surface area contributed by atoms with E-state index in [1.807, 2.05) is 19.2 Å². The van der Waals surface area contributed by atoms with Crippen LogP contribution in [-0.4, -0.2) is 19.7 Å². The second-order valence-corrected chi connectivity index (χ2v) is 2.70. The molecular weight excluding hydrogens is 166 g/mol. The Kier molecular flexibility index (Phi) is 1.70. The molecule has 2 heterocycles. The number of rotatable bonds is 1. The van der Waals surface area contributed by atoms with Crippen LogP contribution >= 0.6 is 0 Å². The highest BCUT2D eigenvalue weighted by Crippen LogP contribution is 2.03. The van der Waals surface area contributed by atoms with Crippen molar-refractivity contribution in [2.45, 2.75) is 6.92 Å². The van der Waals surface area contributed by atoms with Gasteiger partial charge in [0.2, 0.25) is 0 Å². The Morgan fingerprint density at radius 3 is 2.85 bits per heavy atom. The second kappa shape index (κ2) is 2.85. The third-order valence-corrected chi connectivity index (χ3v) is 1.60. The molecule has 0 unspecified atom stereocenters. The third-order valence-electron chi connectivity index (χ3n) is 1.60. The fraction of sp³-hybridized carbons (Fsp3) is 0.125. The summed E-state index contributed by atoms with van der Waals surface area (Å²) in [6.45, 7) is 1.91. The number of aromatic nitrogens is 4. The topological polar surface area (TPSA) is 69.6 Å². The minimum absolute atomic E-state index is 0.394. The van der Waals surface area contributed by atoms with Crippen molar-refractivity contribution >= 4 is 5.82 Å². The molecule has 0 aliphatic carbocycles. The van der Waals surface area contributed by atoms with Gasteiger partial charge in [0.25, 0.3) is 0 Å². The number of aryl methyl sites for hydroxylation is 1. The van der Waals surface area contributed by atoms with E-state index in [0.29, 0.717) is 11.6 Å². The van der Waals surface area contributed by atoms with E-state index in [4.69, 9.17) is 5.73 Å². The van der Waals surface area contributed by atoms with Crippen molar-refractivity contribution in [1.82, 2.24) is 19.7 Å². The van der Waals surface area contributed by atoms with Crippen LogP contribution in [0.1, 0.15) is 5.69 Å². The third kappa shape index (κ3) is 1.48. The van der Waals surface area contributed by atoms with Gasteiger partial charge in [0, 0.05) is 6.20 Å². The molecule has 13 heavy (non-hydrogen) atoms. The average molecular weight is 175 g/mol. The lowest BCUT2D eigenvalue weighted by atomic mass is 10.5. The Balaban J connectivity index is 2.46. The van der Waals surface area contributed by atoms with Crippen molar-refractivity contribution in [3.63, 3.8) is 0 Å². The molecule has 5 heteroatoms. The van der Waals surface area contributed by atoms with E-state index in [1.54, 1.807) is 10.9 Å². The molecule has 0 aromatic carbocycles. The largest absolute Gasteiger partial charge is 0.382 e. The number of nitrogens with two attached hydrogens (primary N) is 1. The van der Waals surface area contributed by atoms with E-state index in [0.717, 1.165) is 5.69 Å². The molecule has 0 atom stereocenters. The molecule has 0 amide bonds. The predicted molar refractivity (Wildman–Crippen MR) is 48.3 cm³/mol. The zero-order valence-corrected chi connectivity index (χ0v) is 7.18. The maximum atomic E-state index is 5.49. The Morgan fingerprint density at radius 2 is 2.23 bits per heavy atom. The summed E-state index contributed by atoms with van der Waals surface area (Å²) >= 11 is 0. The van der Waals surface area contributed by atoms with Crippen molar-refractivity contribution in [2.75, 3.05) is 5.73 Å². The van der Waals surface area contributed by atoms with Crippen molar-refractivity contribution in [1.29, 1.82) is 0 Å². The molecule has 66 valence electrons. The lowest BCUT2D eigenvalue weighted by Crippen LogP contribution is -2.01. The van der Waals surface area contributed by atoms with Crippen LogP contribution in [0.25, 0.3) is 5.82 Å². The van der Waals surface area contributed by atoms with E-state index in [1.165, 1.54) is 6.20 Å². The van der Waals surface area contributed by atoms with Crippen LogP contribution in [0, 0.1) is 6.92 Å². The standard InChI is InChI=1S/C8H9N5/c1-6-2-3-13(12-6)8-5-10-4-7(9)11-8/h2-5H,1H3,(H2,9,11). The molecule has 0 saturated carbocycles. The summed E-state index contributed by atoms with van der Waals surface area (Å²) in [5.74, 6) is 1.03. The molecular formula is C8H9N5. The SMILES string of the molecule is Cc1ccn(-c2cncc(N)n2)n1. The van der Waals surface area contributed by atoms with Crippen molar-refractivity contribution < 1.29 is 0 Å². The quantitative estimate of drug-likeness (QED) is 0.687. The summed E-state index contributed by atoms with van der Waals surface area (Å²) in [6.07, 6.45) is 4.93. The molecule has 5 nitrogen and oxygen atoms in total. The Hall–Kier alpha value is -1.91. The van der Waals surface area contributed by atoms with Gasteiger partial charge >= 0.3 is 0 Å². The van der Waals surface area contributed by atoms with E-state index >= 15 is 0 Å². The minimum atomic E-state index is 0.394. The lowest BCUT2D eigenvalue weighted by Gasteiger charge is -1.99. The fourth-order valence-electron chi connectivity index (χ4n) is 1.02. The normalized spacial score (nSPS) is 10.2. The highest BCUT2D eigenvalue weighted by atomic mass is 15.3. The number of anilines is 1. The van der Waals surface area contributed by atoms with E-state index in [2.05, 4.69) is 15.1 Å². The highest BCUT2D eigenvalue weighted by molar-refractivity contribution is 5.30. The number of hydrogen-bond acceptors (Lipinski definition) is 4. The van der Waals surface area contributed by atoms with Gasteiger partial charge in [-0.15, -0.1) is 0 Å². The Morgan fingerprint density at radius 1 is 1.38 bits per heavy atom. The summed E-state index contributed by atoms with van der Waals surface area (Å²) in [6, 6.07) is 1.89. The molecule has 0 aliphatic rings. The van der Waals surface area contributed by atoms with Crippen LogP contribution in [0.4, 0.5) is 5.82 Å². The van der Waals surface area contributed by atoms with Gasteiger partial charge in [-0.25, -0.2) is 9.67 Å². The van der Waals surface area contributed by atoms with Crippen LogP contribution in [0.3, 0.4) is 0 Å². The first-order valence-electron chi connectivity index (χ1n) is 3.86. The summed E-state index contributed by atoms with van der Waals surface area (Å²) < 4.78 is 1.64. The highest BCUT2D eigenvalue weighted by Gasteiger charge is 1.99. The van der Waals surface area contributed by atoms with E-state index in [9.17, 15) is 0 Å². The number of nitrogens with zero attached hydrogens (tertiary/aromatic N) is 4. The van der Waals surface area contributed by atoms with Crippen molar-refractivity contribution in [3.8, 4) is 5.82 Å². The van der Waals surface area contributed by atoms with E-state index < -0.39 is 0 Å². The molecule has 0 bridgehead atoms. The molecule has 0 spiro atoms. The summed E-state index contributed by atoms with van der Waals surface area (Å²) in [7, 11) is 0. The molecule has 2 rings (SSSR count). The molecule has 2 aromatic rings. The maximum absolute atomic E-state index is 5.49. The zero-order chi connectivity index (χ0) is 9.26. The van der Waals surface area contributed by atoms with Gasteiger partial charge in [0.1, 0.15) is 5.82 Å². The lowest BCUT2D eigenvalue weighted by molar-refractivity contribution is 0.826. The predicted octanol–water partition coefficient (Wildman–Crippen LogP) is 0.553. The Bertz CT molecular complexity index is 420. The summed E-state index contributed by atoms with van der Waals surface area (Å²) in [4.78, 5) is 7.99. The van der Waals surface area contributed by atoms with Crippen LogP contribution < -0.4 is 5.73 Å². The van der Waals surface area contributed by atoms with Gasteiger partial charge in [0.15, 0.2) is 5.82 Å². The number of nitrogen functional groups attached to an aromatic ring is 1. The van der Waals surface area contributed by atoms with Crippen LogP contribution in [0.2, 0.25) is 0 Å². The van der Waals surface area contributed by atoms with Gasteiger partial charge in [-0.2, -0.15) is 5.10 Å². The van der Waals surface area contributed by atoms with Gasteiger partial charge in [-0.3, -0.25) is 4.98 Å². The summed E-state index contributed by atoms with van der Waals surface area (Å²) in [5, 5.41) is 4.18. The van der Waals surface area contributed by atoms with Crippen molar-refractivity contribution in [3.05, 3.63) is 30.4 Å². The Labute approximate surface area is 75.2 Å². The molecule has 0 saturated heterocycles. The fourth-order valence-corrected chi connectivity index (χ4v) is 1.02. The molecule has 2 aromatic heterocycles. The zero-order valence-electron chi connectivity index (χ0n) is 7.18. The summed E-state index contributed by atoms with van der Waals surface area (Å²) in [5.41, 5.74) is 6.42. The van der Waals surface area contributed by atoms with E-state index in [-0.39, 0.29) is 0 Å². The first-order valence-corrected chi connectivity index (χ1v) is 3.86. The number of hydrogen-bond donors (Lipinski definition) is 1.